The van der Waals surface area contributed by atoms with E-state index in [1.807, 2.05) is 12.5 Å². The van der Waals surface area contributed by atoms with Gasteiger partial charge in [0.2, 0.25) is 0 Å². The molecule has 2 aromatic heterocycles. The van der Waals surface area contributed by atoms with E-state index < -0.39 is 6.10 Å². The first-order valence-electron chi connectivity index (χ1n) is 11.7. The van der Waals surface area contributed by atoms with Crippen molar-refractivity contribution in [1.82, 2.24) is 9.38 Å². The first-order chi connectivity index (χ1) is 15.3. The van der Waals surface area contributed by atoms with Crippen LogP contribution in [-0.2, 0) is 4.74 Å². The van der Waals surface area contributed by atoms with E-state index in [1.54, 1.807) is 0 Å². The largest absolute Gasteiger partial charge is 0.486 e. The molecule has 162 valence electrons. The summed E-state index contributed by atoms with van der Waals surface area (Å²) >= 11 is 0. The molecule has 2 aliphatic carbocycles. The Morgan fingerprint density at radius 3 is 2.39 bits per heavy atom. The van der Waals surface area contributed by atoms with E-state index in [0.717, 1.165) is 42.5 Å². The van der Waals surface area contributed by atoms with Gasteiger partial charge in [0.05, 0.1) is 37.4 Å². The molecule has 3 heterocycles. The van der Waals surface area contributed by atoms with Crippen LogP contribution in [-0.4, -0.2) is 33.8 Å². The Morgan fingerprint density at radius 1 is 0.968 bits per heavy atom. The lowest BCUT2D eigenvalue weighted by molar-refractivity contribution is -0.0796. The summed E-state index contributed by atoms with van der Waals surface area (Å²) < 4.78 is 13.1. The molecule has 1 saturated heterocycles. The van der Waals surface area contributed by atoms with Crippen molar-refractivity contribution in [3.05, 3.63) is 65.7 Å². The second-order valence-electron chi connectivity index (χ2n) is 9.55. The quantitative estimate of drug-likeness (QED) is 0.612. The molecule has 0 amide bonds. The molecule has 3 aromatic rings. The molecule has 6 rings (SSSR count). The molecule has 0 unspecified atom stereocenters. The summed E-state index contributed by atoms with van der Waals surface area (Å²) in [4.78, 5) is 4.33. The first-order valence-corrected chi connectivity index (χ1v) is 11.7. The number of hydrogen-bond donors (Lipinski definition) is 1. The lowest BCUT2D eigenvalue weighted by Crippen LogP contribution is -2.38. The number of nitrogens with zero attached hydrogens (tertiary/aromatic N) is 2. The van der Waals surface area contributed by atoms with Crippen molar-refractivity contribution in [2.24, 2.45) is 5.92 Å². The van der Waals surface area contributed by atoms with Crippen LogP contribution in [0.1, 0.15) is 73.2 Å². The van der Waals surface area contributed by atoms with Crippen LogP contribution >= 0.6 is 0 Å². The fraction of sp³-hybridized carbons (Fsp3) is 0.500. The van der Waals surface area contributed by atoms with Crippen molar-refractivity contribution >= 4 is 5.52 Å². The zero-order valence-corrected chi connectivity index (χ0v) is 17.8. The molecule has 0 spiro atoms. The van der Waals surface area contributed by atoms with Crippen LogP contribution in [0.5, 0.6) is 5.75 Å². The van der Waals surface area contributed by atoms with E-state index in [1.165, 1.54) is 24.0 Å². The molecule has 1 aromatic carbocycles. The van der Waals surface area contributed by atoms with Crippen LogP contribution < -0.4 is 4.74 Å². The summed E-state index contributed by atoms with van der Waals surface area (Å²) in [6.07, 6.45) is 12.5. The summed E-state index contributed by atoms with van der Waals surface area (Å²) in [6.45, 7) is 1.40. The highest BCUT2D eigenvalue weighted by molar-refractivity contribution is 5.59. The van der Waals surface area contributed by atoms with Gasteiger partial charge in [0.1, 0.15) is 11.9 Å². The third-order valence-corrected chi connectivity index (χ3v) is 7.46. The normalized spacial score (nSPS) is 25.3. The number of rotatable bonds is 6. The van der Waals surface area contributed by atoms with Crippen molar-refractivity contribution < 1.29 is 14.6 Å². The number of pyridine rings is 1. The van der Waals surface area contributed by atoms with Crippen LogP contribution in [0, 0.1) is 5.92 Å². The number of ether oxygens (including phenoxy) is 2. The predicted molar refractivity (Wildman–Crippen MR) is 119 cm³/mol. The summed E-state index contributed by atoms with van der Waals surface area (Å²) in [5.74, 6) is 2.44. The molecular weight excluding hydrogens is 388 g/mol. The molecule has 1 N–H and O–H groups in total. The first kappa shape index (κ1) is 19.3. The Kier molecular flexibility index (Phi) is 4.96. The number of aliphatic hydroxyl groups excluding tert-OH is 1. The average molecular weight is 419 g/mol. The van der Waals surface area contributed by atoms with Gasteiger partial charge in [-0.3, -0.25) is 0 Å². The molecule has 0 bridgehead atoms. The molecule has 3 aliphatic rings. The summed E-state index contributed by atoms with van der Waals surface area (Å²) in [6, 6.07) is 10.8. The Labute approximate surface area is 183 Å². The van der Waals surface area contributed by atoms with Gasteiger partial charge in [-0.2, -0.15) is 0 Å². The van der Waals surface area contributed by atoms with Crippen LogP contribution in [0.25, 0.3) is 5.52 Å². The van der Waals surface area contributed by atoms with Crippen LogP contribution in [0.4, 0.5) is 0 Å². The monoisotopic (exact) mass is 418 g/mol. The zero-order valence-electron chi connectivity index (χ0n) is 17.8. The second-order valence-corrected chi connectivity index (χ2v) is 9.55. The SMILES string of the molecule is O[C@@H](c1c(C2CC2)ccn2cncc12)[C@H]1CC[C@H](c2ccc(OC3COC3)cc2)CC1. The highest BCUT2D eigenvalue weighted by Crippen LogP contribution is 2.48. The fourth-order valence-corrected chi connectivity index (χ4v) is 5.40. The van der Waals surface area contributed by atoms with Crippen LogP contribution in [0.15, 0.2) is 49.1 Å². The number of hydrogen-bond acceptors (Lipinski definition) is 4. The maximum absolute atomic E-state index is 11.5. The molecule has 31 heavy (non-hydrogen) atoms. The van der Waals surface area contributed by atoms with Gasteiger partial charge in [-0.25, -0.2) is 4.98 Å². The van der Waals surface area contributed by atoms with E-state index in [-0.39, 0.29) is 6.10 Å². The third-order valence-electron chi connectivity index (χ3n) is 7.46. The number of fused-ring (bicyclic) bond motifs is 1. The van der Waals surface area contributed by atoms with Gasteiger partial charge in [-0.1, -0.05) is 12.1 Å². The van der Waals surface area contributed by atoms with Gasteiger partial charge >= 0.3 is 0 Å². The molecular formula is C26H30N2O3. The molecule has 1 atom stereocenters. The Morgan fingerprint density at radius 2 is 1.71 bits per heavy atom. The highest BCUT2D eigenvalue weighted by Gasteiger charge is 2.34. The minimum absolute atomic E-state index is 0.212. The Bertz CT molecular complexity index is 1040. The van der Waals surface area contributed by atoms with Gasteiger partial charge in [0.15, 0.2) is 0 Å². The van der Waals surface area contributed by atoms with Gasteiger partial charge in [0.25, 0.3) is 0 Å². The zero-order chi connectivity index (χ0) is 20.8. The summed E-state index contributed by atoms with van der Waals surface area (Å²) in [5, 5.41) is 11.5. The predicted octanol–water partition coefficient (Wildman–Crippen LogP) is 5.00. The number of benzene rings is 1. The van der Waals surface area contributed by atoms with Crippen LogP contribution in [0.2, 0.25) is 0 Å². The van der Waals surface area contributed by atoms with E-state index in [2.05, 4.69) is 45.9 Å². The second kappa shape index (κ2) is 7.95. The Hall–Kier alpha value is -2.37. The maximum Gasteiger partial charge on any atom is 0.145 e. The van der Waals surface area contributed by atoms with Crippen molar-refractivity contribution in [3.8, 4) is 5.75 Å². The van der Waals surface area contributed by atoms with E-state index in [4.69, 9.17) is 9.47 Å². The lowest BCUT2D eigenvalue weighted by Gasteiger charge is -2.33. The van der Waals surface area contributed by atoms with E-state index in [0.29, 0.717) is 31.0 Å². The van der Waals surface area contributed by atoms with Crippen molar-refractivity contribution in [3.63, 3.8) is 0 Å². The minimum Gasteiger partial charge on any atom is -0.486 e. The maximum atomic E-state index is 11.5. The molecule has 3 fully saturated rings. The average Bonchev–Trinajstić information content (AvgIpc) is 3.52. The summed E-state index contributed by atoms with van der Waals surface area (Å²) in [7, 11) is 0. The molecule has 1 aliphatic heterocycles. The standard InChI is InChI=1S/C26H30N2O3/c29-26(25-23(19-3-4-19)11-12-28-16-27-13-24(25)28)20-5-1-17(2-6-20)18-7-9-21(10-8-18)31-22-14-30-15-22/h7-13,16-17,19-20,22,26,29H,1-6,14-15H2/t17-,20-,26-/m1/s1. The van der Waals surface area contributed by atoms with Gasteiger partial charge in [0, 0.05) is 11.8 Å². The van der Waals surface area contributed by atoms with E-state index >= 15 is 0 Å². The van der Waals surface area contributed by atoms with E-state index in [9.17, 15) is 5.11 Å². The fourth-order valence-electron chi connectivity index (χ4n) is 5.40. The number of aliphatic hydroxyl groups is 1. The molecule has 5 heteroatoms. The van der Waals surface area contributed by atoms with Gasteiger partial charge < -0.3 is 19.0 Å². The minimum atomic E-state index is -0.405. The Balaban J connectivity index is 1.14. The number of aromatic nitrogens is 2. The molecule has 2 saturated carbocycles. The smallest absolute Gasteiger partial charge is 0.145 e. The molecule has 5 nitrogen and oxygen atoms in total. The van der Waals surface area contributed by atoms with Crippen LogP contribution in [0.3, 0.4) is 0 Å². The summed E-state index contributed by atoms with van der Waals surface area (Å²) in [5.41, 5.74) is 4.94. The third kappa shape index (κ3) is 3.74. The number of imidazole rings is 1. The van der Waals surface area contributed by atoms with Gasteiger partial charge in [-0.15, -0.1) is 0 Å². The lowest BCUT2D eigenvalue weighted by atomic mass is 9.75. The highest BCUT2D eigenvalue weighted by atomic mass is 16.6. The topological polar surface area (TPSA) is 56.0 Å². The van der Waals surface area contributed by atoms with Crippen molar-refractivity contribution in [1.29, 1.82) is 0 Å². The van der Waals surface area contributed by atoms with Gasteiger partial charge in [-0.05, 0) is 85.6 Å². The van der Waals surface area contributed by atoms with Crippen molar-refractivity contribution in [2.45, 2.75) is 62.6 Å². The molecule has 0 radical (unpaired) electrons. The van der Waals surface area contributed by atoms with Crippen molar-refractivity contribution in [2.75, 3.05) is 13.2 Å².